The number of hydrogen-bond acceptors (Lipinski definition) is 6. The van der Waals surface area contributed by atoms with E-state index in [4.69, 9.17) is 0 Å². The highest BCUT2D eigenvalue weighted by atomic mass is 16.6. The molecule has 0 aromatic carbocycles. The molecule has 8 heteroatoms. The van der Waals surface area contributed by atoms with E-state index in [-0.39, 0.29) is 5.69 Å². The number of rotatable bonds is 4. The van der Waals surface area contributed by atoms with Crippen molar-refractivity contribution >= 4 is 11.8 Å². The minimum Gasteiger partial charge on any atom is -0.383 e. The van der Waals surface area contributed by atoms with Crippen molar-refractivity contribution < 1.29 is 4.92 Å². The van der Waals surface area contributed by atoms with Gasteiger partial charge in [0.1, 0.15) is 18.9 Å². The molecule has 0 amide bonds. The fourth-order valence-electron chi connectivity index (χ4n) is 1.42. The van der Waals surface area contributed by atoms with E-state index in [1.54, 1.807) is 23.2 Å². The Morgan fingerprint density at radius 3 is 2.84 bits per heavy atom. The number of aromatic nitrogens is 4. The first kappa shape index (κ1) is 12.7. The molecule has 2 aromatic heterocycles. The zero-order valence-corrected chi connectivity index (χ0v) is 10.5. The van der Waals surface area contributed by atoms with Crippen molar-refractivity contribution in [1.82, 2.24) is 24.6 Å². The van der Waals surface area contributed by atoms with Gasteiger partial charge in [-0.15, -0.1) is 0 Å². The van der Waals surface area contributed by atoms with Crippen LogP contribution in [0, 0.1) is 10.1 Å². The minimum atomic E-state index is -0.465. The maximum absolute atomic E-state index is 10.9. The predicted octanol–water partition coefficient (Wildman–Crippen LogP) is 1.10. The molecule has 0 saturated carbocycles. The van der Waals surface area contributed by atoms with Crippen molar-refractivity contribution in [2.45, 2.75) is 0 Å². The van der Waals surface area contributed by atoms with Crippen LogP contribution in [0.4, 0.5) is 5.69 Å². The van der Waals surface area contributed by atoms with Gasteiger partial charge in [0.2, 0.25) is 0 Å². The molecule has 0 fully saturated rings. The average Bonchev–Trinajstić information content (AvgIpc) is 2.89. The zero-order chi connectivity index (χ0) is 13.8. The fraction of sp³-hybridized carbons (Fsp3) is 0.182. The largest absolute Gasteiger partial charge is 0.383 e. The second kappa shape index (κ2) is 5.25. The van der Waals surface area contributed by atoms with Crippen LogP contribution in [-0.4, -0.2) is 43.7 Å². The lowest BCUT2D eigenvalue weighted by Crippen LogP contribution is -2.03. The van der Waals surface area contributed by atoms with Gasteiger partial charge in [-0.25, -0.2) is 14.6 Å². The lowest BCUT2D eigenvalue weighted by Gasteiger charge is -2.05. The molecule has 2 rings (SSSR count). The quantitative estimate of drug-likeness (QED) is 0.604. The molecule has 8 nitrogen and oxygen atoms in total. The second-order valence-electron chi connectivity index (χ2n) is 3.98. The Kier molecular flexibility index (Phi) is 3.51. The van der Waals surface area contributed by atoms with Gasteiger partial charge in [-0.1, -0.05) is 0 Å². The van der Waals surface area contributed by atoms with Crippen LogP contribution in [0.25, 0.3) is 11.9 Å². The predicted molar refractivity (Wildman–Crippen MR) is 68.5 cm³/mol. The first-order chi connectivity index (χ1) is 9.08. The summed E-state index contributed by atoms with van der Waals surface area (Å²) >= 11 is 0. The topological polar surface area (TPSA) is 90.0 Å². The molecule has 0 aliphatic rings. The van der Waals surface area contributed by atoms with E-state index in [0.717, 1.165) is 0 Å². The van der Waals surface area contributed by atoms with Gasteiger partial charge < -0.3 is 4.90 Å². The number of hydrogen-bond donors (Lipinski definition) is 0. The summed E-state index contributed by atoms with van der Waals surface area (Å²) in [5.41, 5.74) is 0.404. The molecule has 0 N–H and O–H groups in total. The van der Waals surface area contributed by atoms with Crippen LogP contribution in [0.1, 0.15) is 5.56 Å². The third kappa shape index (κ3) is 2.92. The van der Waals surface area contributed by atoms with Gasteiger partial charge in [0.15, 0.2) is 5.82 Å². The Hall–Kier alpha value is -2.77. The highest BCUT2D eigenvalue weighted by Crippen LogP contribution is 2.20. The summed E-state index contributed by atoms with van der Waals surface area (Å²) in [6.07, 6.45) is 7.45. The Morgan fingerprint density at radius 1 is 1.47 bits per heavy atom. The van der Waals surface area contributed by atoms with E-state index in [1.165, 1.54) is 23.5 Å². The lowest BCUT2D eigenvalue weighted by atomic mass is 10.2. The molecule has 0 atom stereocenters. The summed E-state index contributed by atoms with van der Waals surface area (Å²) < 4.78 is 1.44. The van der Waals surface area contributed by atoms with Crippen LogP contribution in [0.3, 0.4) is 0 Å². The van der Waals surface area contributed by atoms with Gasteiger partial charge in [0.25, 0.3) is 5.69 Å². The molecule has 0 spiro atoms. The Morgan fingerprint density at radius 2 is 2.26 bits per heavy atom. The van der Waals surface area contributed by atoms with E-state index >= 15 is 0 Å². The fourth-order valence-corrected chi connectivity index (χ4v) is 1.42. The monoisotopic (exact) mass is 260 g/mol. The van der Waals surface area contributed by atoms with Gasteiger partial charge in [0.05, 0.1) is 10.5 Å². The second-order valence-corrected chi connectivity index (χ2v) is 3.98. The SMILES string of the molecule is CN(C)/C=C/c1cc(-n2cncn2)ncc1[N+](=O)[O-]. The summed E-state index contributed by atoms with van der Waals surface area (Å²) in [7, 11) is 3.67. The summed E-state index contributed by atoms with van der Waals surface area (Å²) in [5.74, 6) is 0.474. The van der Waals surface area contributed by atoms with Gasteiger partial charge in [-0.2, -0.15) is 5.10 Å². The third-order valence-corrected chi connectivity index (χ3v) is 2.30. The standard InChI is InChI=1S/C11H12N6O2/c1-15(2)4-3-9-5-11(16-8-12-7-14-16)13-6-10(9)17(18)19/h3-8H,1-2H3/b4-3+. The van der Waals surface area contributed by atoms with Gasteiger partial charge in [-0.05, 0) is 18.3 Å². The van der Waals surface area contributed by atoms with Crippen molar-refractivity contribution in [2.75, 3.05) is 14.1 Å². The summed E-state index contributed by atoms with van der Waals surface area (Å²) in [5, 5.41) is 14.9. The van der Waals surface area contributed by atoms with Crippen LogP contribution in [0.2, 0.25) is 0 Å². The van der Waals surface area contributed by atoms with Gasteiger partial charge in [-0.3, -0.25) is 10.1 Å². The van der Waals surface area contributed by atoms with E-state index in [0.29, 0.717) is 11.4 Å². The molecule has 0 bridgehead atoms. The number of nitro groups is 1. The summed E-state index contributed by atoms with van der Waals surface area (Å²) in [6, 6.07) is 1.59. The van der Waals surface area contributed by atoms with Crippen LogP contribution < -0.4 is 0 Å². The lowest BCUT2D eigenvalue weighted by molar-refractivity contribution is -0.385. The summed E-state index contributed by atoms with van der Waals surface area (Å²) in [6.45, 7) is 0. The molecule has 2 heterocycles. The summed E-state index contributed by atoms with van der Waals surface area (Å²) in [4.78, 5) is 20.1. The normalized spacial score (nSPS) is 10.8. The smallest absolute Gasteiger partial charge is 0.294 e. The Labute approximate surface area is 109 Å². The van der Waals surface area contributed by atoms with Crippen molar-refractivity contribution in [1.29, 1.82) is 0 Å². The first-order valence-corrected chi connectivity index (χ1v) is 5.42. The van der Waals surface area contributed by atoms with E-state index < -0.39 is 4.92 Å². The highest BCUT2D eigenvalue weighted by Gasteiger charge is 2.14. The van der Waals surface area contributed by atoms with Crippen molar-refractivity contribution in [3.05, 3.63) is 46.8 Å². The Balaban J connectivity index is 2.47. The van der Waals surface area contributed by atoms with Crippen LogP contribution in [-0.2, 0) is 0 Å². The van der Waals surface area contributed by atoms with Crippen LogP contribution >= 0.6 is 0 Å². The molecule has 0 unspecified atom stereocenters. The highest BCUT2D eigenvalue weighted by molar-refractivity contribution is 5.61. The van der Waals surface area contributed by atoms with Crippen molar-refractivity contribution in [3.8, 4) is 5.82 Å². The zero-order valence-electron chi connectivity index (χ0n) is 10.5. The molecule has 2 aromatic rings. The van der Waals surface area contributed by atoms with Crippen molar-refractivity contribution in [3.63, 3.8) is 0 Å². The first-order valence-electron chi connectivity index (χ1n) is 5.42. The van der Waals surface area contributed by atoms with E-state index in [1.807, 2.05) is 14.1 Å². The van der Waals surface area contributed by atoms with Crippen LogP contribution in [0.5, 0.6) is 0 Å². The number of nitrogens with zero attached hydrogens (tertiary/aromatic N) is 6. The van der Waals surface area contributed by atoms with Gasteiger partial charge in [0, 0.05) is 14.1 Å². The minimum absolute atomic E-state index is 0.0537. The van der Waals surface area contributed by atoms with E-state index in [9.17, 15) is 10.1 Å². The molecular formula is C11H12N6O2. The third-order valence-electron chi connectivity index (χ3n) is 2.30. The molecule has 0 aliphatic heterocycles. The maximum atomic E-state index is 10.9. The molecular weight excluding hydrogens is 248 g/mol. The number of pyridine rings is 1. The average molecular weight is 260 g/mol. The molecule has 0 radical (unpaired) electrons. The molecule has 19 heavy (non-hydrogen) atoms. The molecule has 0 saturated heterocycles. The Bertz CT molecular complexity index is 606. The van der Waals surface area contributed by atoms with Gasteiger partial charge >= 0.3 is 0 Å². The van der Waals surface area contributed by atoms with Crippen molar-refractivity contribution in [2.24, 2.45) is 0 Å². The molecule has 0 aliphatic carbocycles. The van der Waals surface area contributed by atoms with E-state index in [2.05, 4.69) is 15.1 Å². The van der Waals surface area contributed by atoms with Crippen LogP contribution in [0.15, 0.2) is 31.1 Å². The molecule has 98 valence electrons. The maximum Gasteiger partial charge on any atom is 0.294 e.